The Morgan fingerprint density at radius 2 is 2.14 bits per heavy atom. The van der Waals surface area contributed by atoms with Crippen molar-refractivity contribution in [2.24, 2.45) is 5.92 Å². The zero-order chi connectivity index (χ0) is 15.4. The summed E-state index contributed by atoms with van der Waals surface area (Å²) < 4.78 is 0. The van der Waals surface area contributed by atoms with Crippen LogP contribution in [0.25, 0.3) is 0 Å². The number of hydrogen-bond donors (Lipinski definition) is 1. The van der Waals surface area contributed by atoms with Gasteiger partial charge >= 0.3 is 0 Å². The maximum atomic E-state index is 12.6. The van der Waals surface area contributed by atoms with Crippen LogP contribution in [0.3, 0.4) is 0 Å². The molecule has 5 nitrogen and oxygen atoms in total. The molecule has 0 unspecified atom stereocenters. The number of hydrogen-bond acceptors (Lipinski definition) is 4. The number of carbonyl (C=O) groups excluding carboxylic acids is 1. The highest BCUT2D eigenvalue weighted by Gasteiger charge is 2.38. The molecule has 0 spiro atoms. The lowest BCUT2D eigenvalue weighted by atomic mass is 9.80. The predicted octanol–water partition coefficient (Wildman–Crippen LogP) is 1.95. The van der Waals surface area contributed by atoms with E-state index in [1.807, 2.05) is 11.0 Å². The zero-order valence-electron chi connectivity index (χ0n) is 13.0. The maximum Gasteiger partial charge on any atom is 0.223 e. The lowest BCUT2D eigenvalue weighted by Gasteiger charge is -2.37. The van der Waals surface area contributed by atoms with E-state index in [0.29, 0.717) is 12.8 Å². The van der Waals surface area contributed by atoms with Crippen molar-refractivity contribution in [3.8, 4) is 0 Å². The number of likely N-dealkylation sites (tertiary alicyclic amines) is 1. The van der Waals surface area contributed by atoms with E-state index >= 15 is 0 Å². The molecule has 120 valence electrons. The van der Waals surface area contributed by atoms with Crippen LogP contribution in [-0.2, 0) is 11.2 Å². The lowest BCUT2D eigenvalue weighted by Crippen LogP contribution is -2.45. The van der Waals surface area contributed by atoms with Gasteiger partial charge in [-0.15, -0.1) is 0 Å². The fourth-order valence-corrected chi connectivity index (χ4v) is 3.98. The fraction of sp³-hybridized carbons (Fsp3) is 0.706. The third-order valence-electron chi connectivity index (χ3n) is 5.13. The van der Waals surface area contributed by atoms with Gasteiger partial charge in [0.2, 0.25) is 5.91 Å². The van der Waals surface area contributed by atoms with Crippen LogP contribution in [0.2, 0.25) is 0 Å². The van der Waals surface area contributed by atoms with E-state index in [1.54, 1.807) is 6.20 Å². The zero-order valence-corrected chi connectivity index (χ0v) is 13.0. The van der Waals surface area contributed by atoms with Crippen LogP contribution < -0.4 is 0 Å². The molecular formula is C17H25N3O2. The summed E-state index contributed by atoms with van der Waals surface area (Å²) in [5, 5.41) is 10.3. The van der Waals surface area contributed by atoms with Gasteiger partial charge in [-0.25, -0.2) is 9.97 Å². The van der Waals surface area contributed by atoms with Crippen LogP contribution in [0.15, 0.2) is 18.6 Å². The van der Waals surface area contributed by atoms with Crippen LogP contribution in [0.1, 0.15) is 50.6 Å². The molecule has 22 heavy (non-hydrogen) atoms. The van der Waals surface area contributed by atoms with Crippen molar-refractivity contribution in [1.82, 2.24) is 14.9 Å². The highest BCUT2D eigenvalue weighted by molar-refractivity contribution is 5.77. The largest absolute Gasteiger partial charge is 0.393 e. The van der Waals surface area contributed by atoms with Crippen molar-refractivity contribution >= 4 is 5.91 Å². The first-order chi connectivity index (χ1) is 10.8. The van der Waals surface area contributed by atoms with Crippen LogP contribution in [0, 0.1) is 5.92 Å². The molecule has 0 bridgehead atoms. The predicted molar refractivity (Wildman–Crippen MR) is 83.1 cm³/mol. The topological polar surface area (TPSA) is 66.3 Å². The molecule has 1 aliphatic heterocycles. The number of carbonyl (C=O) groups is 1. The molecule has 1 saturated carbocycles. The molecule has 1 aliphatic carbocycles. The molecule has 1 amide bonds. The number of aliphatic hydroxyl groups excluding tert-OH is 1. The first-order valence-corrected chi connectivity index (χ1v) is 8.48. The van der Waals surface area contributed by atoms with Gasteiger partial charge in [0.25, 0.3) is 0 Å². The van der Waals surface area contributed by atoms with Gasteiger partial charge < -0.3 is 10.0 Å². The minimum Gasteiger partial charge on any atom is -0.393 e. The third kappa shape index (κ3) is 3.46. The maximum absolute atomic E-state index is 12.6. The fourth-order valence-electron chi connectivity index (χ4n) is 3.98. The Morgan fingerprint density at radius 1 is 1.27 bits per heavy atom. The molecule has 1 N–H and O–H groups in total. The van der Waals surface area contributed by atoms with Gasteiger partial charge in [-0.2, -0.15) is 0 Å². The molecule has 0 radical (unpaired) electrons. The highest BCUT2D eigenvalue weighted by Crippen LogP contribution is 2.34. The summed E-state index contributed by atoms with van der Waals surface area (Å²) in [4.78, 5) is 22.7. The van der Waals surface area contributed by atoms with Gasteiger partial charge in [-0.05, 0) is 38.2 Å². The van der Waals surface area contributed by atoms with E-state index in [-0.39, 0.29) is 24.0 Å². The van der Waals surface area contributed by atoms with E-state index in [2.05, 4.69) is 9.97 Å². The first kappa shape index (κ1) is 15.4. The smallest absolute Gasteiger partial charge is 0.223 e. The molecule has 1 aromatic heterocycles. The van der Waals surface area contributed by atoms with Crippen LogP contribution >= 0.6 is 0 Å². The summed E-state index contributed by atoms with van der Waals surface area (Å²) in [6.07, 6.45) is 10.5. The van der Waals surface area contributed by atoms with E-state index in [9.17, 15) is 9.90 Å². The van der Waals surface area contributed by atoms with Crippen LogP contribution in [-0.4, -0.2) is 44.6 Å². The number of aromatic nitrogens is 2. The minimum atomic E-state index is -0.228. The Labute approximate surface area is 131 Å². The summed E-state index contributed by atoms with van der Waals surface area (Å²) in [6.45, 7) is 0.844. The Balaban J connectivity index is 1.58. The summed E-state index contributed by atoms with van der Waals surface area (Å²) in [5.41, 5.74) is 0.914. The van der Waals surface area contributed by atoms with Gasteiger partial charge in [0, 0.05) is 36.8 Å². The Bertz CT molecular complexity index is 494. The summed E-state index contributed by atoms with van der Waals surface area (Å²) in [5.74, 6) is 0.484. The van der Waals surface area contributed by atoms with Gasteiger partial charge in [0.15, 0.2) is 0 Å². The summed E-state index contributed by atoms with van der Waals surface area (Å²) >= 11 is 0. The van der Waals surface area contributed by atoms with Crippen molar-refractivity contribution in [2.45, 2.75) is 63.5 Å². The van der Waals surface area contributed by atoms with Crippen LogP contribution in [0.4, 0.5) is 0 Å². The number of aliphatic hydroxyl groups is 1. The van der Waals surface area contributed by atoms with Gasteiger partial charge in [0.05, 0.1) is 6.10 Å². The van der Waals surface area contributed by atoms with Crippen molar-refractivity contribution in [3.05, 3.63) is 24.3 Å². The summed E-state index contributed by atoms with van der Waals surface area (Å²) in [7, 11) is 0. The highest BCUT2D eigenvalue weighted by atomic mass is 16.3. The molecule has 1 aromatic rings. The van der Waals surface area contributed by atoms with Gasteiger partial charge in [-0.1, -0.05) is 12.8 Å². The Kier molecular flexibility index (Phi) is 5.03. The average Bonchev–Trinajstić information content (AvgIpc) is 3.03. The standard InChI is InChI=1S/C17H25N3O2/c21-16-6-2-1-4-14(16)15-5-3-11-20(15)17(22)8-7-13-9-10-18-12-19-13/h9-10,12,14-16,21H,1-8,11H2/t14-,15-,16+/m1/s1. The Morgan fingerprint density at radius 3 is 2.91 bits per heavy atom. The molecule has 1 saturated heterocycles. The number of amides is 1. The minimum absolute atomic E-state index is 0.207. The molecule has 5 heteroatoms. The van der Waals surface area contributed by atoms with Crippen molar-refractivity contribution in [3.63, 3.8) is 0 Å². The molecule has 2 aliphatic rings. The quantitative estimate of drug-likeness (QED) is 0.923. The lowest BCUT2D eigenvalue weighted by molar-refractivity contribution is -0.134. The summed E-state index contributed by atoms with van der Waals surface area (Å²) in [6, 6.07) is 2.10. The second kappa shape index (κ2) is 7.18. The second-order valence-electron chi connectivity index (χ2n) is 6.51. The van der Waals surface area contributed by atoms with Crippen molar-refractivity contribution in [1.29, 1.82) is 0 Å². The van der Waals surface area contributed by atoms with Crippen LogP contribution in [0.5, 0.6) is 0 Å². The van der Waals surface area contributed by atoms with E-state index in [4.69, 9.17) is 0 Å². The average molecular weight is 303 g/mol. The second-order valence-corrected chi connectivity index (χ2v) is 6.51. The van der Waals surface area contributed by atoms with E-state index < -0.39 is 0 Å². The number of nitrogens with zero attached hydrogens (tertiary/aromatic N) is 3. The van der Waals surface area contributed by atoms with E-state index in [1.165, 1.54) is 12.7 Å². The normalized spacial score (nSPS) is 28.8. The monoisotopic (exact) mass is 303 g/mol. The van der Waals surface area contributed by atoms with Gasteiger partial charge in [-0.3, -0.25) is 4.79 Å². The molecule has 0 aromatic carbocycles. The SMILES string of the molecule is O=C(CCc1ccncn1)N1CCC[C@@H]1[C@H]1CCCC[C@@H]1O. The van der Waals surface area contributed by atoms with E-state index in [0.717, 1.165) is 44.3 Å². The Hall–Kier alpha value is -1.49. The molecule has 3 atom stereocenters. The first-order valence-electron chi connectivity index (χ1n) is 8.48. The molecular weight excluding hydrogens is 278 g/mol. The van der Waals surface area contributed by atoms with Crippen molar-refractivity contribution < 1.29 is 9.90 Å². The number of aryl methyl sites for hydroxylation is 1. The van der Waals surface area contributed by atoms with Crippen molar-refractivity contribution in [2.75, 3.05) is 6.54 Å². The van der Waals surface area contributed by atoms with Gasteiger partial charge in [0.1, 0.15) is 6.33 Å². The molecule has 2 heterocycles. The third-order valence-corrected chi connectivity index (χ3v) is 5.13. The number of rotatable bonds is 4. The molecule has 2 fully saturated rings. The molecule has 3 rings (SSSR count).